The Balaban J connectivity index is 2.19. The number of benzene rings is 2. The summed E-state index contributed by atoms with van der Waals surface area (Å²) in [6.07, 6.45) is 2.13. The molecule has 0 saturated heterocycles. The first-order chi connectivity index (χ1) is 9.24. The average Bonchev–Trinajstić information content (AvgIpc) is 2.87. The molecule has 3 aromatic rings. The van der Waals surface area contributed by atoms with Crippen molar-refractivity contribution in [2.24, 2.45) is 5.73 Å². The number of H-pyrrole nitrogens is 1. The first kappa shape index (κ1) is 11.5. The number of rotatable bonds is 3. The van der Waals surface area contributed by atoms with Crippen molar-refractivity contribution in [3.05, 3.63) is 60.3 Å². The zero-order valence-corrected chi connectivity index (χ0v) is 10.4. The maximum Gasteiger partial charge on any atom is 0.221 e. The lowest BCUT2D eigenvalue weighted by Crippen LogP contribution is -2.13. The monoisotopic (exact) mass is 250 g/mol. The standard InChI is InChI=1S/C16H14N2O/c17-15(19)10-14-9-13(11-4-2-1-3-5-11)8-12-6-7-18-16(12)14/h1-9,18H,10H2,(H2,17,19). The van der Waals surface area contributed by atoms with Crippen molar-refractivity contribution in [1.82, 2.24) is 4.98 Å². The molecule has 0 radical (unpaired) electrons. The molecule has 1 heterocycles. The number of fused-ring (bicyclic) bond motifs is 1. The highest BCUT2D eigenvalue weighted by atomic mass is 16.1. The Morgan fingerprint density at radius 3 is 2.58 bits per heavy atom. The summed E-state index contributed by atoms with van der Waals surface area (Å²) in [5.74, 6) is -0.318. The molecule has 0 spiro atoms. The van der Waals surface area contributed by atoms with Crippen molar-refractivity contribution < 1.29 is 4.79 Å². The van der Waals surface area contributed by atoms with E-state index in [0.717, 1.165) is 27.6 Å². The number of hydrogen-bond acceptors (Lipinski definition) is 1. The number of nitrogens with two attached hydrogens (primary N) is 1. The summed E-state index contributed by atoms with van der Waals surface area (Å²) in [6.45, 7) is 0. The zero-order valence-electron chi connectivity index (χ0n) is 10.4. The van der Waals surface area contributed by atoms with Crippen molar-refractivity contribution >= 4 is 16.8 Å². The molecule has 0 bridgehead atoms. The van der Waals surface area contributed by atoms with Crippen molar-refractivity contribution in [2.45, 2.75) is 6.42 Å². The molecule has 0 fully saturated rings. The molecular formula is C16H14N2O. The van der Waals surface area contributed by atoms with Crippen molar-refractivity contribution in [2.75, 3.05) is 0 Å². The average molecular weight is 250 g/mol. The van der Waals surface area contributed by atoms with Gasteiger partial charge in [0.15, 0.2) is 0 Å². The predicted molar refractivity (Wildman–Crippen MR) is 76.6 cm³/mol. The first-order valence-electron chi connectivity index (χ1n) is 6.18. The number of aromatic amines is 1. The fraction of sp³-hybridized carbons (Fsp3) is 0.0625. The van der Waals surface area contributed by atoms with Crippen molar-refractivity contribution in [3.8, 4) is 11.1 Å². The highest BCUT2D eigenvalue weighted by Gasteiger charge is 2.08. The van der Waals surface area contributed by atoms with E-state index in [1.165, 1.54) is 0 Å². The highest BCUT2D eigenvalue weighted by molar-refractivity contribution is 5.91. The van der Waals surface area contributed by atoms with Crippen LogP contribution in [0.2, 0.25) is 0 Å². The van der Waals surface area contributed by atoms with E-state index in [1.54, 1.807) is 0 Å². The molecule has 0 aliphatic carbocycles. The van der Waals surface area contributed by atoms with Crippen molar-refractivity contribution in [1.29, 1.82) is 0 Å². The maximum atomic E-state index is 11.2. The topological polar surface area (TPSA) is 58.9 Å². The number of carbonyl (C=O) groups is 1. The normalized spacial score (nSPS) is 10.7. The number of carbonyl (C=O) groups excluding carboxylic acids is 1. The van der Waals surface area contributed by atoms with Crippen LogP contribution < -0.4 is 5.73 Å². The van der Waals surface area contributed by atoms with E-state index in [9.17, 15) is 4.79 Å². The van der Waals surface area contributed by atoms with Crippen molar-refractivity contribution in [3.63, 3.8) is 0 Å². The molecule has 3 nitrogen and oxygen atoms in total. The van der Waals surface area contributed by atoms with Gasteiger partial charge in [0.1, 0.15) is 0 Å². The highest BCUT2D eigenvalue weighted by Crippen LogP contribution is 2.27. The third-order valence-corrected chi connectivity index (χ3v) is 3.21. The third kappa shape index (κ3) is 2.22. The Morgan fingerprint density at radius 1 is 1.05 bits per heavy atom. The van der Waals surface area contributed by atoms with Gasteiger partial charge in [0, 0.05) is 17.1 Å². The molecule has 1 aromatic heterocycles. The minimum Gasteiger partial charge on any atom is -0.369 e. The van der Waals surface area contributed by atoms with Crippen LogP contribution in [0.3, 0.4) is 0 Å². The van der Waals surface area contributed by atoms with Gasteiger partial charge in [-0.1, -0.05) is 30.3 Å². The van der Waals surface area contributed by atoms with E-state index < -0.39 is 0 Å². The number of nitrogens with one attached hydrogen (secondary N) is 1. The Labute approximate surface area is 111 Å². The van der Waals surface area contributed by atoms with E-state index in [1.807, 2.05) is 36.5 Å². The Kier molecular flexibility index (Phi) is 2.80. The summed E-state index contributed by atoms with van der Waals surface area (Å²) in [7, 11) is 0. The van der Waals surface area contributed by atoms with Crippen LogP contribution in [0.4, 0.5) is 0 Å². The molecule has 3 N–H and O–H groups in total. The smallest absolute Gasteiger partial charge is 0.221 e. The first-order valence-corrected chi connectivity index (χ1v) is 6.18. The minimum atomic E-state index is -0.318. The van der Waals surface area contributed by atoms with E-state index in [0.29, 0.717) is 0 Å². The van der Waals surface area contributed by atoms with Crippen LogP contribution in [-0.2, 0) is 11.2 Å². The summed E-state index contributed by atoms with van der Waals surface area (Å²) in [5, 5.41) is 1.10. The van der Waals surface area contributed by atoms with Gasteiger partial charge in [-0.3, -0.25) is 4.79 Å². The van der Waals surface area contributed by atoms with E-state index in [4.69, 9.17) is 5.73 Å². The zero-order chi connectivity index (χ0) is 13.2. The van der Waals surface area contributed by atoms with Gasteiger partial charge in [0.2, 0.25) is 5.91 Å². The van der Waals surface area contributed by atoms with E-state index in [2.05, 4.69) is 23.2 Å². The Bertz CT molecular complexity index is 729. The van der Waals surface area contributed by atoms with Crippen LogP contribution in [0.5, 0.6) is 0 Å². The van der Waals surface area contributed by atoms with Gasteiger partial charge in [-0.2, -0.15) is 0 Å². The van der Waals surface area contributed by atoms with Gasteiger partial charge in [-0.15, -0.1) is 0 Å². The number of aromatic nitrogens is 1. The molecule has 1 amide bonds. The summed E-state index contributed by atoms with van der Waals surface area (Å²) in [4.78, 5) is 14.4. The molecule has 2 aromatic carbocycles. The van der Waals surface area contributed by atoms with Crippen LogP contribution in [0.25, 0.3) is 22.0 Å². The molecule has 0 aliphatic heterocycles. The fourth-order valence-electron chi connectivity index (χ4n) is 2.37. The molecule has 19 heavy (non-hydrogen) atoms. The number of hydrogen-bond donors (Lipinski definition) is 2. The second-order valence-corrected chi connectivity index (χ2v) is 4.59. The van der Waals surface area contributed by atoms with Crippen LogP contribution in [0.15, 0.2) is 54.7 Å². The molecule has 3 rings (SSSR count). The van der Waals surface area contributed by atoms with Gasteiger partial charge < -0.3 is 10.7 Å². The quantitative estimate of drug-likeness (QED) is 0.737. The lowest BCUT2D eigenvalue weighted by Gasteiger charge is -2.07. The second-order valence-electron chi connectivity index (χ2n) is 4.59. The maximum absolute atomic E-state index is 11.2. The molecule has 0 saturated carbocycles. The molecule has 94 valence electrons. The van der Waals surface area contributed by atoms with E-state index in [-0.39, 0.29) is 12.3 Å². The number of amides is 1. The van der Waals surface area contributed by atoms with Gasteiger partial charge in [0.05, 0.1) is 6.42 Å². The summed E-state index contributed by atoms with van der Waals surface area (Å²) in [6, 6.07) is 16.3. The lowest BCUT2D eigenvalue weighted by atomic mass is 9.99. The molecule has 0 aliphatic rings. The van der Waals surface area contributed by atoms with Crippen LogP contribution in [0, 0.1) is 0 Å². The van der Waals surface area contributed by atoms with Crippen LogP contribution in [0.1, 0.15) is 5.56 Å². The third-order valence-electron chi connectivity index (χ3n) is 3.21. The molecular weight excluding hydrogens is 236 g/mol. The fourth-order valence-corrected chi connectivity index (χ4v) is 2.37. The summed E-state index contributed by atoms with van der Waals surface area (Å²) in [5.41, 5.74) is 9.48. The van der Waals surface area contributed by atoms with Crippen LogP contribution >= 0.6 is 0 Å². The van der Waals surface area contributed by atoms with Gasteiger partial charge in [-0.25, -0.2) is 0 Å². The van der Waals surface area contributed by atoms with Crippen LogP contribution in [-0.4, -0.2) is 10.9 Å². The number of primary amides is 1. The molecule has 0 unspecified atom stereocenters. The predicted octanol–water partition coefficient (Wildman–Crippen LogP) is 2.86. The Hall–Kier alpha value is -2.55. The Morgan fingerprint density at radius 2 is 1.84 bits per heavy atom. The van der Waals surface area contributed by atoms with Gasteiger partial charge in [0.25, 0.3) is 0 Å². The molecule has 3 heteroatoms. The lowest BCUT2D eigenvalue weighted by molar-refractivity contribution is -0.117. The largest absolute Gasteiger partial charge is 0.369 e. The second kappa shape index (κ2) is 4.61. The molecule has 0 atom stereocenters. The summed E-state index contributed by atoms with van der Waals surface area (Å²) < 4.78 is 0. The SMILES string of the molecule is NC(=O)Cc1cc(-c2ccccc2)cc2cc[nH]c12. The minimum absolute atomic E-state index is 0.248. The summed E-state index contributed by atoms with van der Waals surface area (Å²) >= 11 is 0. The van der Waals surface area contributed by atoms with E-state index >= 15 is 0 Å². The van der Waals surface area contributed by atoms with Gasteiger partial charge in [-0.05, 0) is 34.9 Å². The van der Waals surface area contributed by atoms with Gasteiger partial charge >= 0.3 is 0 Å².